The fourth-order valence-electron chi connectivity index (χ4n) is 3.84. The second-order valence-corrected chi connectivity index (χ2v) is 9.76. The van der Waals surface area contributed by atoms with Crippen molar-refractivity contribution in [2.45, 2.75) is 24.7 Å². The summed E-state index contributed by atoms with van der Waals surface area (Å²) >= 11 is 0. The third-order valence-corrected chi connectivity index (χ3v) is 7.12. The average molecular weight is 450 g/mol. The van der Waals surface area contributed by atoms with Crippen molar-refractivity contribution >= 4 is 33.0 Å². The Bertz CT molecular complexity index is 1150. The summed E-state index contributed by atoms with van der Waals surface area (Å²) in [5, 5.41) is 2.93. The van der Waals surface area contributed by atoms with Crippen molar-refractivity contribution in [3.05, 3.63) is 84.4 Å². The van der Waals surface area contributed by atoms with Gasteiger partial charge < -0.3 is 10.2 Å². The normalized spacial score (nSPS) is 14.7. The number of rotatable bonds is 6. The summed E-state index contributed by atoms with van der Waals surface area (Å²) < 4.78 is 27.8. The quantitative estimate of drug-likeness (QED) is 0.574. The molecule has 166 valence electrons. The zero-order valence-corrected chi connectivity index (χ0v) is 18.8. The van der Waals surface area contributed by atoms with Crippen molar-refractivity contribution in [3.8, 4) is 0 Å². The molecule has 0 aromatic heterocycles. The number of hydrogen-bond acceptors (Lipinski definition) is 4. The van der Waals surface area contributed by atoms with Crippen molar-refractivity contribution < 1.29 is 13.2 Å². The number of aryl methyl sites for hydroxylation is 1. The first kappa shape index (κ1) is 21.9. The third kappa shape index (κ3) is 5.29. The number of sulfonamides is 1. The lowest BCUT2D eigenvalue weighted by Gasteiger charge is -2.33. The van der Waals surface area contributed by atoms with Gasteiger partial charge in [-0.1, -0.05) is 35.9 Å². The largest absolute Gasteiger partial charge is 0.371 e. The monoisotopic (exact) mass is 449 g/mol. The predicted molar refractivity (Wildman–Crippen MR) is 128 cm³/mol. The van der Waals surface area contributed by atoms with Crippen molar-refractivity contribution in [1.82, 2.24) is 0 Å². The second kappa shape index (κ2) is 9.44. The number of para-hydroxylation sites is 1. The molecule has 0 bridgehead atoms. The molecule has 1 aliphatic rings. The van der Waals surface area contributed by atoms with Crippen LogP contribution in [0.15, 0.2) is 83.8 Å². The van der Waals surface area contributed by atoms with Gasteiger partial charge in [0.2, 0.25) is 5.91 Å². The van der Waals surface area contributed by atoms with Crippen molar-refractivity contribution in [3.63, 3.8) is 0 Å². The Balaban J connectivity index is 1.33. The molecule has 1 amide bonds. The average Bonchev–Trinajstić information content (AvgIpc) is 2.81. The Labute approximate surface area is 189 Å². The highest BCUT2D eigenvalue weighted by Crippen LogP contribution is 2.25. The lowest BCUT2D eigenvalue weighted by atomic mass is 9.95. The molecule has 32 heavy (non-hydrogen) atoms. The number of hydrogen-bond donors (Lipinski definition) is 2. The molecule has 1 aliphatic heterocycles. The molecule has 2 N–H and O–H groups in total. The van der Waals surface area contributed by atoms with Gasteiger partial charge in [0.25, 0.3) is 10.0 Å². The Morgan fingerprint density at radius 2 is 1.44 bits per heavy atom. The molecule has 3 aromatic carbocycles. The molecule has 3 aromatic rings. The maximum atomic E-state index is 12.7. The minimum Gasteiger partial charge on any atom is -0.371 e. The van der Waals surface area contributed by atoms with Gasteiger partial charge in [-0.2, -0.15) is 0 Å². The van der Waals surface area contributed by atoms with Gasteiger partial charge in [0, 0.05) is 36.1 Å². The van der Waals surface area contributed by atoms with Crippen LogP contribution in [0.2, 0.25) is 0 Å². The van der Waals surface area contributed by atoms with Crippen LogP contribution in [0.25, 0.3) is 0 Å². The van der Waals surface area contributed by atoms with Crippen LogP contribution in [0, 0.1) is 12.8 Å². The van der Waals surface area contributed by atoms with Gasteiger partial charge in [-0.15, -0.1) is 0 Å². The number of nitrogens with one attached hydrogen (secondary N) is 2. The molecule has 4 rings (SSSR count). The minimum absolute atomic E-state index is 0.0221. The summed E-state index contributed by atoms with van der Waals surface area (Å²) in [5.74, 6) is -0.0762. The van der Waals surface area contributed by atoms with E-state index in [0.717, 1.165) is 31.5 Å². The highest BCUT2D eigenvalue weighted by atomic mass is 32.2. The topological polar surface area (TPSA) is 78.5 Å². The predicted octanol–water partition coefficient (Wildman–Crippen LogP) is 4.65. The van der Waals surface area contributed by atoms with Gasteiger partial charge >= 0.3 is 0 Å². The zero-order chi connectivity index (χ0) is 22.6. The van der Waals surface area contributed by atoms with Crippen LogP contribution in [0.1, 0.15) is 18.4 Å². The highest BCUT2D eigenvalue weighted by molar-refractivity contribution is 7.92. The smallest absolute Gasteiger partial charge is 0.261 e. The van der Waals surface area contributed by atoms with Crippen LogP contribution < -0.4 is 14.9 Å². The summed E-state index contributed by atoms with van der Waals surface area (Å²) in [6.07, 6.45) is 1.57. The zero-order valence-electron chi connectivity index (χ0n) is 18.0. The van der Waals surface area contributed by atoms with Gasteiger partial charge in [-0.05, 0) is 68.3 Å². The lowest BCUT2D eigenvalue weighted by Crippen LogP contribution is -2.38. The van der Waals surface area contributed by atoms with E-state index < -0.39 is 10.0 Å². The van der Waals surface area contributed by atoms with E-state index in [2.05, 4.69) is 27.1 Å². The van der Waals surface area contributed by atoms with Gasteiger partial charge in [0.1, 0.15) is 0 Å². The molecule has 1 heterocycles. The first-order valence-electron chi connectivity index (χ1n) is 10.7. The molecule has 0 unspecified atom stereocenters. The SMILES string of the molecule is Cc1ccc(NS(=O)(=O)c2ccc(NC(=O)C3CCN(c4ccccc4)CC3)cc2)cc1. The number of nitrogens with zero attached hydrogens (tertiary/aromatic N) is 1. The van der Waals surface area contributed by atoms with Crippen LogP contribution in [-0.2, 0) is 14.8 Å². The van der Waals surface area contributed by atoms with Gasteiger partial charge in [0.15, 0.2) is 0 Å². The first-order chi connectivity index (χ1) is 15.4. The summed E-state index contributed by atoms with van der Waals surface area (Å²) in [4.78, 5) is 15.1. The van der Waals surface area contributed by atoms with Gasteiger partial charge in [-0.25, -0.2) is 8.42 Å². The number of carbonyl (C=O) groups excluding carboxylic acids is 1. The molecule has 1 fully saturated rings. The first-order valence-corrected chi connectivity index (χ1v) is 12.2. The summed E-state index contributed by atoms with van der Waals surface area (Å²) in [5.41, 5.74) is 3.34. The van der Waals surface area contributed by atoms with Crippen molar-refractivity contribution in [1.29, 1.82) is 0 Å². The Kier molecular flexibility index (Phi) is 6.46. The van der Waals surface area contributed by atoms with Crippen LogP contribution >= 0.6 is 0 Å². The molecule has 0 aliphatic carbocycles. The molecule has 0 atom stereocenters. The van der Waals surface area contributed by atoms with E-state index in [4.69, 9.17) is 0 Å². The lowest BCUT2D eigenvalue weighted by molar-refractivity contribution is -0.120. The molecule has 1 saturated heterocycles. The minimum atomic E-state index is -3.69. The van der Waals surface area contributed by atoms with E-state index in [1.54, 1.807) is 24.3 Å². The van der Waals surface area contributed by atoms with Crippen LogP contribution in [0.3, 0.4) is 0 Å². The number of carbonyl (C=O) groups is 1. The van der Waals surface area contributed by atoms with E-state index >= 15 is 0 Å². The summed E-state index contributed by atoms with van der Waals surface area (Å²) in [6.45, 7) is 3.62. The number of anilines is 3. The standard InChI is InChI=1S/C25H27N3O3S/c1-19-7-9-22(10-8-19)27-32(30,31)24-13-11-21(12-14-24)26-25(29)20-15-17-28(18-16-20)23-5-3-2-4-6-23/h2-14,20,27H,15-18H2,1H3,(H,26,29). The van der Waals surface area contributed by atoms with Crippen molar-refractivity contribution in [2.75, 3.05) is 28.0 Å². The maximum Gasteiger partial charge on any atom is 0.261 e. The molecule has 0 saturated carbocycles. The van der Waals surface area contributed by atoms with E-state index in [1.807, 2.05) is 37.3 Å². The van der Waals surface area contributed by atoms with Gasteiger partial charge in [0.05, 0.1) is 4.90 Å². The molecule has 7 heteroatoms. The molecule has 0 radical (unpaired) electrons. The third-order valence-electron chi connectivity index (χ3n) is 5.72. The summed E-state index contributed by atoms with van der Waals surface area (Å²) in [6, 6.07) is 23.6. The number of amides is 1. The fourth-order valence-corrected chi connectivity index (χ4v) is 4.89. The molecule has 6 nitrogen and oxygen atoms in total. The van der Waals surface area contributed by atoms with Crippen LogP contribution in [-0.4, -0.2) is 27.4 Å². The van der Waals surface area contributed by atoms with E-state index in [-0.39, 0.29) is 16.7 Å². The number of piperidine rings is 1. The molecular formula is C25H27N3O3S. The molecular weight excluding hydrogens is 422 g/mol. The van der Waals surface area contributed by atoms with E-state index in [1.165, 1.54) is 17.8 Å². The fraction of sp³-hybridized carbons (Fsp3) is 0.240. The Hall–Kier alpha value is -3.32. The van der Waals surface area contributed by atoms with Gasteiger partial charge in [-0.3, -0.25) is 9.52 Å². The van der Waals surface area contributed by atoms with Crippen LogP contribution in [0.4, 0.5) is 17.1 Å². The highest BCUT2D eigenvalue weighted by Gasteiger charge is 2.25. The second-order valence-electron chi connectivity index (χ2n) is 8.08. The Morgan fingerprint density at radius 1 is 0.844 bits per heavy atom. The van der Waals surface area contributed by atoms with E-state index in [9.17, 15) is 13.2 Å². The number of benzene rings is 3. The van der Waals surface area contributed by atoms with Crippen LogP contribution in [0.5, 0.6) is 0 Å². The summed E-state index contributed by atoms with van der Waals surface area (Å²) in [7, 11) is -3.69. The maximum absolute atomic E-state index is 12.7. The van der Waals surface area contributed by atoms with Crippen molar-refractivity contribution in [2.24, 2.45) is 5.92 Å². The molecule has 0 spiro atoms. The Morgan fingerprint density at radius 3 is 2.06 bits per heavy atom. The van der Waals surface area contributed by atoms with E-state index in [0.29, 0.717) is 11.4 Å².